The van der Waals surface area contributed by atoms with Gasteiger partial charge in [-0.1, -0.05) is 0 Å². The number of amides is 8. The number of aliphatic carboxylic acids is 1. The molecular weight excluding hydrogens is 634 g/mol. The van der Waals surface area contributed by atoms with E-state index >= 15 is 0 Å². The summed E-state index contributed by atoms with van der Waals surface area (Å²) in [7, 11) is 0. The Bertz CT molecular complexity index is 1200. The molecular formula is C29H51N9O10. The number of nitrogens with one attached hydrogen (secondary N) is 8. The molecule has 0 spiro atoms. The van der Waals surface area contributed by atoms with Crippen LogP contribution in [0.1, 0.15) is 74.7 Å². The fourth-order valence-corrected chi connectivity index (χ4v) is 3.84. The van der Waals surface area contributed by atoms with Crippen LogP contribution < -0.4 is 48.3 Å². The van der Waals surface area contributed by atoms with Gasteiger partial charge < -0.3 is 53.4 Å². The Morgan fingerprint density at radius 3 is 0.938 bits per heavy atom. The third kappa shape index (κ3) is 16.1. The molecule has 0 rings (SSSR count). The van der Waals surface area contributed by atoms with Crippen LogP contribution in [0.5, 0.6) is 0 Å². The van der Waals surface area contributed by atoms with Crippen molar-refractivity contribution >= 4 is 53.2 Å². The van der Waals surface area contributed by atoms with Gasteiger partial charge in [-0.3, -0.25) is 38.4 Å². The average Bonchev–Trinajstić information content (AvgIpc) is 2.99. The predicted molar refractivity (Wildman–Crippen MR) is 171 cm³/mol. The van der Waals surface area contributed by atoms with E-state index in [-0.39, 0.29) is 6.42 Å². The normalized spacial score (nSPS) is 15.7. The maximum absolute atomic E-state index is 12.6. The van der Waals surface area contributed by atoms with Gasteiger partial charge in [0.2, 0.25) is 47.3 Å². The van der Waals surface area contributed by atoms with Crippen molar-refractivity contribution in [2.24, 2.45) is 5.73 Å². The largest absolute Gasteiger partial charge is 0.480 e. The zero-order valence-electron chi connectivity index (χ0n) is 28.6. The lowest BCUT2D eigenvalue weighted by Gasteiger charge is -2.23. The maximum atomic E-state index is 12.6. The molecule has 0 fully saturated rings. The van der Waals surface area contributed by atoms with Crippen molar-refractivity contribution in [2.45, 2.75) is 123 Å². The summed E-state index contributed by atoms with van der Waals surface area (Å²) < 4.78 is 0. The summed E-state index contributed by atoms with van der Waals surface area (Å²) >= 11 is 0. The van der Waals surface area contributed by atoms with Gasteiger partial charge in [-0.2, -0.15) is 0 Å². The third-order valence-electron chi connectivity index (χ3n) is 6.89. The number of unbranched alkanes of at least 4 members (excludes halogenated alkanes) is 1. The van der Waals surface area contributed by atoms with Gasteiger partial charge in [0.25, 0.3) is 0 Å². The summed E-state index contributed by atoms with van der Waals surface area (Å²) in [5.74, 6) is -6.68. The topological polar surface area (TPSA) is 296 Å². The molecule has 0 aromatic carbocycles. The maximum Gasteiger partial charge on any atom is 0.326 e. The third-order valence-corrected chi connectivity index (χ3v) is 6.89. The number of rotatable bonds is 20. The van der Waals surface area contributed by atoms with E-state index in [0.29, 0.717) is 19.4 Å². The van der Waals surface area contributed by atoms with Gasteiger partial charge in [0.1, 0.15) is 48.3 Å². The molecule has 0 aliphatic heterocycles. The van der Waals surface area contributed by atoms with Crippen molar-refractivity contribution in [3.05, 3.63) is 0 Å². The minimum absolute atomic E-state index is 0.162. The highest BCUT2D eigenvalue weighted by molar-refractivity contribution is 5.97. The van der Waals surface area contributed by atoms with E-state index in [2.05, 4.69) is 42.5 Å². The smallest absolute Gasteiger partial charge is 0.326 e. The number of carboxylic acids is 1. The first-order valence-corrected chi connectivity index (χ1v) is 15.5. The van der Waals surface area contributed by atoms with E-state index < -0.39 is 102 Å². The van der Waals surface area contributed by atoms with Gasteiger partial charge in [0.05, 0.1) is 0 Å². The summed E-state index contributed by atoms with van der Waals surface area (Å²) in [5.41, 5.74) is 5.41. The van der Waals surface area contributed by atoms with E-state index in [4.69, 9.17) is 5.73 Å². The van der Waals surface area contributed by atoms with Crippen molar-refractivity contribution in [1.82, 2.24) is 42.5 Å². The van der Waals surface area contributed by atoms with Gasteiger partial charge in [-0.05, 0) is 74.3 Å². The zero-order chi connectivity index (χ0) is 37.3. The van der Waals surface area contributed by atoms with Crippen molar-refractivity contribution < 1.29 is 48.3 Å². The van der Waals surface area contributed by atoms with Crippen molar-refractivity contribution in [3.63, 3.8) is 0 Å². The van der Waals surface area contributed by atoms with E-state index in [1.54, 1.807) is 0 Å². The summed E-state index contributed by atoms with van der Waals surface area (Å²) in [6.45, 7) is 11.2. The van der Waals surface area contributed by atoms with Gasteiger partial charge >= 0.3 is 5.97 Å². The molecule has 0 saturated heterocycles. The molecule has 11 N–H and O–H groups in total. The van der Waals surface area contributed by atoms with Crippen molar-refractivity contribution in [3.8, 4) is 0 Å². The minimum Gasteiger partial charge on any atom is -0.480 e. The fraction of sp³-hybridized carbons (Fsp3) is 0.690. The molecule has 0 aliphatic rings. The van der Waals surface area contributed by atoms with E-state index in [1.165, 1.54) is 55.4 Å². The Morgan fingerprint density at radius 1 is 0.458 bits per heavy atom. The van der Waals surface area contributed by atoms with E-state index in [1.807, 2.05) is 0 Å². The molecule has 0 unspecified atom stereocenters. The molecule has 8 amide bonds. The second kappa shape index (κ2) is 21.1. The quantitative estimate of drug-likeness (QED) is 0.0555. The highest BCUT2D eigenvalue weighted by Crippen LogP contribution is 2.02. The lowest BCUT2D eigenvalue weighted by molar-refractivity contribution is -0.142. The van der Waals surface area contributed by atoms with Gasteiger partial charge in [0, 0.05) is 6.92 Å². The molecule has 0 radical (unpaired) electrons. The highest BCUT2D eigenvalue weighted by Gasteiger charge is 2.28. The van der Waals surface area contributed by atoms with Crippen LogP contribution in [0.2, 0.25) is 0 Å². The van der Waals surface area contributed by atoms with Crippen LogP contribution in [0.25, 0.3) is 0 Å². The molecule has 272 valence electrons. The second-order valence-corrected chi connectivity index (χ2v) is 11.5. The summed E-state index contributed by atoms with van der Waals surface area (Å²) in [6.07, 6.45) is 1.23. The van der Waals surface area contributed by atoms with Crippen LogP contribution in [-0.4, -0.2) is 113 Å². The van der Waals surface area contributed by atoms with Crippen LogP contribution >= 0.6 is 0 Å². The van der Waals surface area contributed by atoms with Crippen LogP contribution in [0.15, 0.2) is 0 Å². The first kappa shape index (κ1) is 43.2. The molecule has 48 heavy (non-hydrogen) atoms. The Labute approximate surface area is 279 Å². The van der Waals surface area contributed by atoms with Crippen LogP contribution in [0.4, 0.5) is 0 Å². The van der Waals surface area contributed by atoms with Gasteiger partial charge in [-0.15, -0.1) is 0 Å². The average molecular weight is 686 g/mol. The zero-order valence-corrected chi connectivity index (χ0v) is 28.6. The fourth-order valence-electron chi connectivity index (χ4n) is 3.84. The molecule has 0 aromatic rings. The SMILES string of the molecule is CC(=O)N[C@@H](C)C(=O)N[C@@H](C)C(=O)N[C@@H](C)C(=O)N[C@@H](C)C(=O)N[C@@H](C)C(=O)N[C@@H](C)C(=O)N[C@@H](C)C(=O)N[C@@H](CCCCN)C(=O)O. The molecule has 0 aromatic heterocycles. The highest BCUT2D eigenvalue weighted by atomic mass is 16.4. The first-order chi connectivity index (χ1) is 22.2. The second-order valence-electron chi connectivity index (χ2n) is 11.5. The summed E-state index contributed by atoms with van der Waals surface area (Å²) in [4.78, 5) is 110. The number of carbonyl (C=O) groups excluding carboxylic acids is 8. The van der Waals surface area contributed by atoms with Crippen molar-refractivity contribution in [1.29, 1.82) is 0 Å². The van der Waals surface area contributed by atoms with Crippen LogP contribution in [-0.2, 0) is 43.2 Å². The monoisotopic (exact) mass is 685 g/mol. The molecule has 8 atom stereocenters. The summed E-state index contributed by atoms with van der Waals surface area (Å²) in [5, 5.41) is 28.4. The van der Waals surface area contributed by atoms with Crippen molar-refractivity contribution in [2.75, 3.05) is 6.54 Å². The number of hydrogen-bond acceptors (Lipinski definition) is 10. The standard InChI is InChI=1S/C29H51N9O10/c1-13(31-20(8)39)22(40)32-14(2)23(41)33-15(3)24(42)34-16(4)25(43)35-17(5)26(44)36-18(6)27(45)37-19(7)28(46)38-21(29(47)48)11-9-10-12-30/h13-19,21H,9-12,30H2,1-8H3,(H,31,39)(H,32,40)(H,33,41)(H,34,42)(H,35,43)(H,36,44)(H,37,45)(H,38,46)(H,47,48)/t13-,14-,15-,16-,17-,18-,19-,21-/m0/s1. The first-order valence-electron chi connectivity index (χ1n) is 15.5. The predicted octanol–water partition coefficient (Wildman–Crippen LogP) is -3.76. The van der Waals surface area contributed by atoms with Crippen LogP contribution in [0, 0.1) is 0 Å². The molecule has 0 bridgehead atoms. The van der Waals surface area contributed by atoms with E-state index in [0.717, 1.165) is 0 Å². The lowest BCUT2D eigenvalue weighted by atomic mass is 10.1. The number of carboxylic acid groups (broad SMARTS) is 1. The molecule has 19 heteroatoms. The van der Waals surface area contributed by atoms with Gasteiger partial charge in [-0.25, -0.2) is 4.79 Å². The summed E-state index contributed by atoms with van der Waals surface area (Å²) in [6, 6.07) is -8.77. The number of hydrogen-bond donors (Lipinski definition) is 10. The minimum atomic E-state index is -1.23. The van der Waals surface area contributed by atoms with Gasteiger partial charge in [0.15, 0.2) is 0 Å². The van der Waals surface area contributed by atoms with E-state index in [9.17, 15) is 48.3 Å². The Balaban J connectivity index is 4.84. The Hall–Kier alpha value is -4.81. The van der Waals surface area contributed by atoms with Crippen LogP contribution in [0.3, 0.4) is 0 Å². The molecule has 0 saturated carbocycles. The Morgan fingerprint density at radius 2 is 0.708 bits per heavy atom. The molecule has 0 aliphatic carbocycles. The molecule has 0 heterocycles. The Kier molecular flexibility index (Phi) is 19.0. The number of carbonyl (C=O) groups is 9. The lowest BCUT2D eigenvalue weighted by Crippen LogP contribution is -2.58. The molecule has 19 nitrogen and oxygen atoms in total. The number of nitrogens with two attached hydrogens (primary N) is 1.